The van der Waals surface area contributed by atoms with E-state index >= 15 is 0 Å². The fraction of sp³-hybridized carbons (Fsp3) is 0.889. The number of piperazine rings is 1. The van der Waals surface area contributed by atoms with Crippen LogP contribution in [0, 0.1) is 5.92 Å². The summed E-state index contributed by atoms with van der Waals surface area (Å²) in [6.07, 6.45) is -4.44. The molecule has 1 heterocycles. The van der Waals surface area contributed by atoms with Crippen molar-refractivity contribution in [2.75, 3.05) is 19.6 Å². The maximum Gasteiger partial charge on any atom is 0.400 e. The Balaban J connectivity index is 2.66. The van der Waals surface area contributed by atoms with Crippen LogP contribution in [0.3, 0.4) is 0 Å². The van der Waals surface area contributed by atoms with Crippen molar-refractivity contribution >= 4 is 5.91 Å². The van der Waals surface area contributed by atoms with Crippen LogP contribution in [0.1, 0.15) is 13.8 Å². The minimum absolute atomic E-state index is 0.170. The summed E-state index contributed by atoms with van der Waals surface area (Å²) < 4.78 is 37.0. The van der Waals surface area contributed by atoms with Crippen LogP contribution in [0.15, 0.2) is 0 Å². The molecule has 0 bridgehead atoms. The van der Waals surface area contributed by atoms with Crippen LogP contribution in [0.2, 0.25) is 0 Å². The topological polar surface area (TPSA) is 32.3 Å². The molecule has 0 aromatic heterocycles. The van der Waals surface area contributed by atoms with E-state index in [0.717, 1.165) is 6.92 Å². The highest BCUT2D eigenvalue weighted by Gasteiger charge is 2.43. The van der Waals surface area contributed by atoms with Crippen molar-refractivity contribution < 1.29 is 18.0 Å². The number of hydrogen-bond donors (Lipinski definition) is 1. The summed E-state index contributed by atoms with van der Waals surface area (Å²) in [5.41, 5.74) is 0. The Bertz CT molecular complexity index is 242. The van der Waals surface area contributed by atoms with Gasteiger partial charge >= 0.3 is 6.18 Å². The SMILES string of the molecule is CC(C(=O)N1CCNC[C@H]1C)C(F)(F)F. The highest BCUT2D eigenvalue weighted by molar-refractivity contribution is 5.79. The van der Waals surface area contributed by atoms with Crippen LogP contribution in [0.25, 0.3) is 0 Å². The molecule has 0 aromatic rings. The van der Waals surface area contributed by atoms with Gasteiger partial charge in [-0.15, -0.1) is 0 Å². The first-order valence-corrected chi connectivity index (χ1v) is 4.92. The van der Waals surface area contributed by atoms with Crippen molar-refractivity contribution in [1.29, 1.82) is 0 Å². The molecule has 3 nitrogen and oxygen atoms in total. The molecule has 0 radical (unpaired) electrons. The lowest BCUT2D eigenvalue weighted by Crippen LogP contribution is -2.55. The predicted molar refractivity (Wildman–Crippen MR) is 49.3 cm³/mol. The van der Waals surface area contributed by atoms with Crippen LogP contribution in [0.4, 0.5) is 13.2 Å². The molecule has 0 spiro atoms. The molecule has 88 valence electrons. The Labute approximate surface area is 86.6 Å². The number of carbonyl (C=O) groups is 1. The van der Waals surface area contributed by atoms with Crippen molar-refractivity contribution in [1.82, 2.24) is 10.2 Å². The molecule has 1 N–H and O–H groups in total. The van der Waals surface area contributed by atoms with Crippen molar-refractivity contribution in [3.8, 4) is 0 Å². The largest absolute Gasteiger partial charge is 0.400 e. The van der Waals surface area contributed by atoms with Gasteiger partial charge in [-0.25, -0.2) is 0 Å². The van der Waals surface area contributed by atoms with E-state index in [4.69, 9.17) is 0 Å². The minimum atomic E-state index is -4.44. The van der Waals surface area contributed by atoms with Crippen LogP contribution in [-0.4, -0.2) is 42.7 Å². The number of carbonyl (C=O) groups excluding carboxylic acids is 1. The maximum absolute atomic E-state index is 12.3. The van der Waals surface area contributed by atoms with Gasteiger partial charge in [0.05, 0.1) is 0 Å². The first-order valence-electron chi connectivity index (χ1n) is 4.92. The molecule has 1 aliphatic rings. The van der Waals surface area contributed by atoms with Crippen molar-refractivity contribution in [2.24, 2.45) is 5.92 Å². The fourth-order valence-corrected chi connectivity index (χ4v) is 1.56. The van der Waals surface area contributed by atoms with Gasteiger partial charge in [0.2, 0.25) is 5.91 Å². The number of alkyl halides is 3. The van der Waals surface area contributed by atoms with Gasteiger partial charge in [-0.3, -0.25) is 4.79 Å². The number of rotatable bonds is 1. The Morgan fingerprint density at radius 3 is 2.60 bits per heavy atom. The van der Waals surface area contributed by atoms with Crippen LogP contribution in [-0.2, 0) is 4.79 Å². The number of hydrogen-bond acceptors (Lipinski definition) is 2. The van der Waals surface area contributed by atoms with E-state index in [1.165, 1.54) is 4.90 Å². The molecule has 0 aliphatic carbocycles. The van der Waals surface area contributed by atoms with Gasteiger partial charge in [0.1, 0.15) is 5.92 Å². The van der Waals surface area contributed by atoms with E-state index in [9.17, 15) is 18.0 Å². The van der Waals surface area contributed by atoms with E-state index in [-0.39, 0.29) is 6.04 Å². The van der Waals surface area contributed by atoms with Crippen molar-refractivity contribution in [2.45, 2.75) is 26.1 Å². The zero-order valence-corrected chi connectivity index (χ0v) is 8.77. The highest BCUT2D eigenvalue weighted by atomic mass is 19.4. The lowest BCUT2D eigenvalue weighted by molar-refractivity contribution is -0.187. The summed E-state index contributed by atoms with van der Waals surface area (Å²) in [5.74, 6) is -2.73. The van der Waals surface area contributed by atoms with Crippen LogP contribution >= 0.6 is 0 Å². The molecule has 1 unspecified atom stereocenters. The normalized spacial score (nSPS) is 25.1. The zero-order valence-electron chi connectivity index (χ0n) is 8.77. The fourth-order valence-electron chi connectivity index (χ4n) is 1.56. The van der Waals surface area contributed by atoms with Crippen LogP contribution in [0.5, 0.6) is 0 Å². The van der Waals surface area contributed by atoms with Gasteiger partial charge in [0.25, 0.3) is 0 Å². The average Bonchev–Trinajstić information content (AvgIpc) is 2.15. The van der Waals surface area contributed by atoms with Gasteiger partial charge in [-0.2, -0.15) is 13.2 Å². The van der Waals surface area contributed by atoms with Crippen molar-refractivity contribution in [3.63, 3.8) is 0 Å². The summed E-state index contributed by atoms with van der Waals surface area (Å²) in [6.45, 7) is 4.11. The molecule has 0 saturated carbocycles. The Morgan fingerprint density at radius 1 is 1.53 bits per heavy atom. The minimum Gasteiger partial charge on any atom is -0.337 e. The Kier molecular flexibility index (Phi) is 3.59. The van der Waals surface area contributed by atoms with E-state index in [2.05, 4.69) is 5.32 Å². The summed E-state index contributed by atoms with van der Waals surface area (Å²) in [6, 6.07) is -0.170. The molecule has 6 heteroatoms. The molecule has 15 heavy (non-hydrogen) atoms. The number of nitrogens with zero attached hydrogens (tertiary/aromatic N) is 1. The molecule has 1 fully saturated rings. The van der Waals surface area contributed by atoms with E-state index in [1.54, 1.807) is 6.92 Å². The third-order valence-corrected chi connectivity index (χ3v) is 2.65. The second-order valence-electron chi connectivity index (χ2n) is 3.85. The van der Waals surface area contributed by atoms with E-state index < -0.39 is 18.0 Å². The van der Waals surface area contributed by atoms with Crippen LogP contribution < -0.4 is 5.32 Å². The molecule has 2 atom stereocenters. The quantitative estimate of drug-likeness (QED) is 0.720. The third kappa shape index (κ3) is 2.84. The third-order valence-electron chi connectivity index (χ3n) is 2.65. The van der Waals surface area contributed by atoms with Gasteiger partial charge in [-0.05, 0) is 13.8 Å². The monoisotopic (exact) mass is 224 g/mol. The van der Waals surface area contributed by atoms with E-state index in [0.29, 0.717) is 19.6 Å². The highest BCUT2D eigenvalue weighted by Crippen LogP contribution is 2.28. The molecular formula is C9H15F3N2O. The molecular weight excluding hydrogens is 209 g/mol. The summed E-state index contributed by atoms with van der Waals surface area (Å²) in [7, 11) is 0. The zero-order chi connectivity index (χ0) is 11.6. The average molecular weight is 224 g/mol. The summed E-state index contributed by atoms with van der Waals surface area (Å²) in [4.78, 5) is 12.8. The number of halogens is 3. The second-order valence-corrected chi connectivity index (χ2v) is 3.85. The maximum atomic E-state index is 12.3. The molecule has 1 amide bonds. The smallest absolute Gasteiger partial charge is 0.337 e. The Hall–Kier alpha value is -0.780. The molecule has 0 aromatic carbocycles. The van der Waals surface area contributed by atoms with E-state index in [1.807, 2.05) is 0 Å². The molecule has 1 saturated heterocycles. The number of amides is 1. The first-order chi connectivity index (χ1) is 6.84. The Morgan fingerprint density at radius 2 is 2.13 bits per heavy atom. The van der Waals surface area contributed by atoms with Crippen molar-refractivity contribution in [3.05, 3.63) is 0 Å². The second kappa shape index (κ2) is 4.38. The predicted octanol–water partition coefficient (Wildman–Crippen LogP) is 1.01. The first kappa shape index (κ1) is 12.3. The molecule has 1 rings (SSSR count). The lowest BCUT2D eigenvalue weighted by atomic mass is 10.1. The van der Waals surface area contributed by atoms with Gasteiger partial charge in [0.15, 0.2) is 0 Å². The van der Waals surface area contributed by atoms with Gasteiger partial charge in [0, 0.05) is 25.7 Å². The summed E-state index contributed by atoms with van der Waals surface area (Å²) >= 11 is 0. The van der Waals surface area contributed by atoms with Gasteiger partial charge in [-0.1, -0.05) is 0 Å². The lowest BCUT2D eigenvalue weighted by Gasteiger charge is -2.36. The molecule has 1 aliphatic heterocycles. The summed E-state index contributed by atoms with van der Waals surface area (Å²) in [5, 5.41) is 3.02. The number of nitrogens with one attached hydrogen (secondary N) is 1. The standard InChI is InChI=1S/C9H15F3N2O/c1-6-5-13-3-4-14(6)8(15)7(2)9(10,11)12/h6-7,13H,3-5H2,1-2H3/t6-,7?/m1/s1. The van der Waals surface area contributed by atoms with Gasteiger partial charge < -0.3 is 10.2 Å².